The molecule has 7 nitrogen and oxygen atoms in total. The number of carbonyl (C=O) groups is 2. The van der Waals surface area contributed by atoms with Gasteiger partial charge < -0.3 is 26.0 Å². The first-order valence-corrected chi connectivity index (χ1v) is 12.4. The van der Waals surface area contributed by atoms with E-state index in [9.17, 15) is 14.7 Å². The molecule has 1 aromatic heterocycles. The number of piperidine rings is 1. The number of nitrogens with one attached hydrogen (secondary N) is 2. The van der Waals surface area contributed by atoms with Gasteiger partial charge in [0.2, 0.25) is 11.8 Å². The highest BCUT2D eigenvalue weighted by Gasteiger charge is 2.46. The van der Waals surface area contributed by atoms with E-state index in [2.05, 4.69) is 16.4 Å². The molecule has 35 heavy (non-hydrogen) atoms. The first kappa shape index (κ1) is 23.6. The maximum atomic E-state index is 13.7. The van der Waals surface area contributed by atoms with Gasteiger partial charge >= 0.3 is 0 Å². The van der Waals surface area contributed by atoms with Crippen molar-refractivity contribution in [3.8, 4) is 0 Å². The minimum atomic E-state index is -1.09. The van der Waals surface area contributed by atoms with Crippen molar-refractivity contribution in [3.63, 3.8) is 0 Å². The third-order valence-electron chi connectivity index (χ3n) is 7.80. The fraction of sp³-hybridized carbons (Fsp3) is 0.429. The van der Waals surface area contributed by atoms with Crippen molar-refractivity contribution in [2.75, 3.05) is 13.1 Å². The lowest BCUT2D eigenvalue weighted by Gasteiger charge is -2.41. The van der Waals surface area contributed by atoms with E-state index in [4.69, 9.17) is 5.73 Å². The molecule has 2 atom stereocenters. The van der Waals surface area contributed by atoms with Crippen LogP contribution in [0, 0.1) is 0 Å². The number of aliphatic hydroxyl groups is 1. The number of hydrogen-bond acceptors (Lipinski definition) is 4. The van der Waals surface area contributed by atoms with Gasteiger partial charge in [-0.1, -0.05) is 42.5 Å². The first-order chi connectivity index (χ1) is 16.7. The molecule has 2 aromatic carbocycles. The fourth-order valence-corrected chi connectivity index (χ4v) is 5.77. The van der Waals surface area contributed by atoms with Gasteiger partial charge in [0.25, 0.3) is 0 Å². The fourth-order valence-electron chi connectivity index (χ4n) is 5.77. The SMILES string of the molecule is CC(C)(N)C(=O)N[C@H](Cc1c[nH]c2ccccc12)C(=O)N1CCC2(CC1)C[C@H](O)c1ccccc12. The Hall–Kier alpha value is -3.16. The molecule has 0 saturated carbocycles. The highest BCUT2D eigenvalue weighted by atomic mass is 16.3. The van der Waals surface area contributed by atoms with Crippen LogP contribution >= 0.6 is 0 Å². The van der Waals surface area contributed by atoms with Gasteiger partial charge in [-0.3, -0.25) is 9.59 Å². The van der Waals surface area contributed by atoms with Gasteiger partial charge in [-0.25, -0.2) is 0 Å². The van der Waals surface area contributed by atoms with E-state index >= 15 is 0 Å². The topological polar surface area (TPSA) is 111 Å². The Morgan fingerprint density at radius 1 is 1.17 bits per heavy atom. The van der Waals surface area contributed by atoms with E-state index in [1.165, 1.54) is 5.56 Å². The van der Waals surface area contributed by atoms with Crippen molar-refractivity contribution in [3.05, 3.63) is 71.4 Å². The second kappa shape index (κ2) is 8.81. The number of benzene rings is 2. The van der Waals surface area contributed by atoms with Crippen LogP contribution in [0.3, 0.4) is 0 Å². The van der Waals surface area contributed by atoms with Gasteiger partial charge in [0, 0.05) is 42.0 Å². The van der Waals surface area contributed by atoms with Crippen LogP contribution < -0.4 is 11.1 Å². The number of nitrogens with zero attached hydrogens (tertiary/aromatic N) is 1. The van der Waals surface area contributed by atoms with E-state index in [0.717, 1.165) is 34.9 Å². The number of carbonyl (C=O) groups excluding carboxylic acids is 2. The van der Waals surface area contributed by atoms with Gasteiger partial charge in [-0.05, 0) is 55.9 Å². The number of likely N-dealkylation sites (tertiary alicyclic amines) is 1. The largest absolute Gasteiger partial charge is 0.388 e. The second-order valence-electron chi connectivity index (χ2n) is 10.7. The van der Waals surface area contributed by atoms with Crippen LogP contribution in [0.2, 0.25) is 0 Å². The zero-order valence-electron chi connectivity index (χ0n) is 20.4. The van der Waals surface area contributed by atoms with Crippen LogP contribution in [-0.2, 0) is 21.4 Å². The van der Waals surface area contributed by atoms with E-state index in [0.29, 0.717) is 25.9 Å². The lowest BCUT2D eigenvalue weighted by Crippen LogP contribution is -2.58. The first-order valence-electron chi connectivity index (χ1n) is 12.4. The van der Waals surface area contributed by atoms with E-state index in [-0.39, 0.29) is 17.2 Å². The van der Waals surface area contributed by atoms with Crippen molar-refractivity contribution in [1.29, 1.82) is 0 Å². The summed E-state index contributed by atoms with van der Waals surface area (Å²) in [5, 5.41) is 14.6. The number of amides is 2. The number of aromatic nitrogens is 1. The summed E-state index contributed by atoms with van der Waals surface area (Å²) in [5.41, 5.74) is 9.07. The standard InChI is InChI=1S/C28H34N4O3/c1-27(2,29)26(35)31-23(15-18-17-30-22-10-6-4-7-19(18)22)25(34)32-13-11-28(12-14-32)16-24(33)20-8-3-5-9-21(20)28/h3-10,17,23-24,30,33H,11-16,29H2,1-2H3,(H,31,35)/t23-,24+/m1/s1. The Bertz CT molecular complexity index is 1250. The quantitative estimate of drug-likeness (QED) is 0.456. The molecule has 1 fully saturated rings. The monoisotopic (exact) mass is 474 g/mol. The Balaban J connectivity index is 1.36. The second-order valence-corrected chi connectivity index (χ2v) is 10.7. The molecule has 7 heteroatoms. The molecule has 5 N–H and O–H groups in total. The normalized spacial score (nSPS) is 20.1. The molecular formula is C28H34N4O3. The highest BCUT2D eigenvalue weighted by Crippen LogP contribution is 2.50. The minimum absolute atomic E-state index is 0.0884. The van der Waals surface area contributed by atoms with Crippen molar-refractivity contribution in [2.45, 2.75) is 62.6 Å². The number of fused-ring (bicyclic) bond motifs is 3. The summed E-state index contributed by atoms with van der Waals surface area (Å²) in [5.74, 6) is -0.438. The molecule has 0 unspecified atom stereocenters. The smallest absolute Gasteiger partial charge is 0.245 e. The number of aromatic amines is 1. The number of hydrogen-bond donors (Lipinski definition) is 4. The zero-order chi connectivity index (χ0) is 24.8. The molecule has 2 heterocycles. The van der Waals surface area contributed by atoms with Gasteiger partial charge in [0.15, 0.2) is 0 Å². The molecule has 1 aliphatic heterocycles. The van der Waals surface area contributed by atoms with Crippen molar-refractivity contribution < 1.29 is 14.7 Å². The molecule has 184 valence electrons. The number of para-hydroxylation sites is 1. The summed E-state index contributed by atoms with van der Waals surface area (Å²) >= 11 is 0. The minimum Gasteiger partial charge on any atom is -0.388 e. The van der Waals surface area contributed by atoms with Crippen LogP contribution in [0.4, 0.5) is 0 Å². The molecular weight excluding hydrogens is 440 g/mol. The van der Waals surface area contributed by atoms with Crippen LogP contribution in [0.5, 0.6) is 0 Å². The summed E-state index contributed by atoms with van der Waals surface area (Å²) in [6.07, 6.45) is 4.13. The number of H-pyrrole nitrogens is 1. The Kier molecular flexibility index (Phi) is 5.93. The molecule has 2 aliphatic rings. The van der Waals surface area contributed by atoms with Crippen LogP contribution in [0.15, 0.2) is 54.7 Å². The predicted octanol–water partition coefficient (Wildman–Crippen LogP) is 2.93. The van der Waals surface area contributed by atoms with Crippen molar-refractivity contribution in [2.24, 2.45) is 5.73 Å². The average molecular weight is 475 g/mol. The summed E-state index contributed by atoms with van der Waals surface area (Å²) in [6, 6.07) is 15.4. The lowest BCUT2D eigenvalue weighted by molar-refractivity contribution is -0.138. The van der Waals surface area contributed by atoms with E-state index in [1.54, 1.807) is 13.8 Å². The van der Waals surface area contributed by atoms with Gasteiger partial charge in [-0.15, -0.1) is 0 Å². The Labute approximate surface area is 205 Å². The number of rotatable bonds is 5. The number of nitrogens with two attached hydrogens (primary N) is 1. The van der Waals surface area contributed by atoms with Gasteiger partial charge in [0.1, 0.15) is 6.04 Å². The molecule has 1 aliphatic carbocycles. The summed E-state index contributed by atoms with van der Waals surface area (Å²) in [4.78, 5) is 31.7. The molecule has 0 radical (unpaired) electrons. The maximum absolute atomic E-state index is 13.7. The van der Waals surface area contributed by atoms with Gasteiger partial charge in [-0.2, -0.15) is 0 Å². The van der Waals surface area contributed by atoms with Crippen molar-refractivity contribution in [1.82, 2.24) is 15.2 Å². The van der Waals surface area contributed by atoms with E-state index in [1.807, 2.05) is 53.6 Å². The maximum Gasteiger partial charge on any atom is 0.245 e. The molecule has 0 bridgehead atoms. The summed E-state index contributed by atoms with van der Waals surface area (Å²) in [7, 11) is 0. The zero-order valence-corrected chi connectivity index (χ0v) is 20.4. The molecule has 5 rings (SSSR count). The average Bonchev–Trinajstić information content (AvgIpc) is 3.37. The summed E-state index contributed by atoms with van der Waals surface area (Å²) in [6.45, 7) is 4.46. The van der Waals surface area contributed by atoms with Crippen LogP contribution in [0.25, 0.3) is 10.9 Å². The van der Waals surface area contributed by atoms with Gasteiger partial charge in [0.05, 0.1) is 11.6 Å². The molecule has 1 saturated heterocycles. The van der Waals surface area contributed by atoms with E-state index < -0.39 is 17.7 Å². The number of aliphatic hydroxyl groups excluding tert-OH is 1. The van der Waals surface area contributed by atoms with Crippen LogP contribution in [-0.4, -0.2) is 51.5 Å². The third kappa shape index (κ3) is 4.34. The highest BCUT2D eigenvalue weighted by molar-refractivity contribution is 5.92. The summed E-state index contributed by atoms with van der Waals surface area (Å²) < 4.78 is 0. The molecule has 3 aromatic rings. The molecule has 2 amide bonds. The third-order valence-corrected chi connectivity index (χ3v) is 7.80. The molecule has 1 spiro atoms. The Morgan fingerprint density at radius 3 is 2.60 bits per heavy atom. The van der Waals surface area contributed by atoms with Crippen LogP contribution in [0.1, 0.15) is 55.9 Å². The van der Waals surface area contributed by atoms with Crippen molar-refractivity contribution >= 4 is 22.7 Å². The predicted molar refractivity (Wildman–Crippen MR) is 136 cm³/mol. The Morgan fingerprint density at radius 2 is 1.86 bits per heavy atom. The lowest BCUT2D eigenvalue weighted by atomic mass is 9.73.